The molecule has 40 heavy (non-hydrogen) atoms. The molecule has 206 valence electrons. The lowest BCUT2D eigenvalue weighted by atomic mass is 9.90. The van der Waals surface area contributed by atoms with Crippen molar-refractivity contribution in [2.75, 3.05) is 31.6 Å². The van der Waals surface area contributed by atoms with E-state index < -0.39 is 10.8 Å². The van der Waals surface area contributed by atoms with E-state index in [4.69, 9.17) is 9.73 Å². The number of piperidine rings is 1. The Morgan fingerprint density at radius 1 is 1.07 bits per heavy atom. The van der Waals surface area contributed by atoms with Gasteiger partial charge in [0, 0.05) is 29.9 Å². The highest BCUT2D eigenvalue weighted by atomic mass is 16.6. The quantitative estimate of drug-likeness (QED) is 0.171. The number of carbonyl (C=O) groups is 2. The Morgan fingerprint density at radius 3 is 2.48 bits per heavy atom. The number of hydrogen-bond acceptors (Lipinski definition) is 7. The number of nitrogens with zero attached hydrogens (tertiary/aromatic N) is 3. The van der Waals surface area contributed by atoms with E-state index in [0.717, 1.165) is 44.5 Å². The van der Waals surface area contributed by atoms with Crippen LogP contribution < -0.4 is 5.32 Å². The van der Waals surface area contributed by atoms with Crippen molar-refractivity contribution in [2.45, 2.75) is 32.1 Å². The fraction of sp³-hybridized carbons (Fsp3) is 0.323. The molecule has 1 N–H and O–H groups in total. The summed E-state index contributed by atoms with van der Waals surface area (Å²) in [6.45, 7) is 4.94. The van der Waals surface area contributed by atoms with Gasteiger partial charge in [-0.05, 0) is 68.6 Å². The van der Waals surface area contributed by atoms with Crippen LogP contribution in [0.3, 0.4) is 0 Å². The summed E-state index contributed by atoms with van der Waals surface area (Å²) in [5.74, 6) is -1.10. The molecule has 1 amide bonds. The van der Waals surface area contributed by atoms with Crippen molar-refractivity contribution in [1.29, 1.82) is 0 Å². The van der Waals surface area contributed by atoms with Crippen molar-refractivity contribution in [3.05, 3.63) is 99.6 Å². The van der Waals surface area contributed by atoms with Gasteiger partial charge in [0.05, 0.1) is 28.8 Å². The summed E-state index contributed by atoms with van der Waals surface area (Å²) in [5.41, 5.74) is 4.22. The van der Waals surface area contributed by atoms with Gasteiger partial charge in [-0.15, -0.1) is 0 Å². The number of anilines is 1. The SMILES string of the molecule is CCOC(=O)C1CCN(CCc2ccc(N=C(c3ccccc3)C3C(=O)Nc4ccc([N+](=O)[O-])cc43)cc2)CC1. The number of carbonyl (C=O) groups excluding carboxylic acids is 2. The molecule has 9 heteroatoms. The number of esters is 1. The smallest absolute Gasteiger partial charge is 0.309 e. The monoisotopic (exact) mass is 540 g/mol. The molecular weight excluding hydrogens is 508 g/mol. The number of nitrogens with one attached hydrogen (secondary N) is 1. The van der Waals surface area contributed by atoms with Crippen molar-refractivity contribution in [2.24, 2.45) is 10.9 Å². The van der Waals surface area contributed by atoms with Gasteiger partial charge in [0.1, 0.15) is 5.92 Å². The van der Waals surface area contributed by atoms with Crippen molar-refractivity contribution in [3.63, 3.8) is 0 Å². The first kappa shape index (κ1) is 27.2. The molecule has 1 unspecified atom stereocenters. The second kappa shape index (κ2) is 12.2. The van der Waals surface area contributed by atoms with Crippen LogP contribution >= 0.6 is 0 Å². The van der Waals surface area contributed by atoms with Gasteiger partial charge in [0.25, 0.3) is 5.69 Å². The summed E-state index contributed by atoms with van der Waals surface area (Å²) >= 11 is 0. The van der Waals surface area contributed by atoms with E-state index in [-0.39, 0.29) is 23.5 Å². The summed E-state index contributed by atoms with van der Waals surface area (Å²) in [6, 6.07) is 21.8. The fourth-order valence-corrected chi connectivity index (χ4v) is 5.35. The third-order valence-electron chi connectivity index (χ3n) is 7.53. The van der Waals surface area contributed by atoms with Gasteiger partial charge < -0.3 is 15.0 Å². The van der Waals surface area contributed by atoms with Gasteiger partial charge in [-0.2, -0.15) is 0 Å². The number of amides is 1. The Balaban J connectivity index is 1.32. The number of hydrogen-bond donors (Lipinski definition) is 1. The highest BCUT2D eigenvalue weighted by molar-refractivity contribution is 6.24. The third kappa shape index (κ3) is 6.10. The molecule has 2 heterocycles. The second-order valence-electron chi connectivity index (χ2n) is 10.1. The van der Waals surface area contributed by atoms with Gasteiger partial charge in [-0.25, -0.2) is 0 Å². The number of likely N-dealkylation sites (tertiary alicyclic amines) is 1. The maximum atomic E-state index is 13.1. The van der Waals surface area contributed by atoms with E-state index in [9.17, 15) is 19.7 Å². The van der Waals surface area contributed by atoms with Crippen molar-refractivity contribution < 1.29 is 19.2 Å². The zero-order valence-electron chi connectivity index (χ0n) is 22.4. The zero-order valence-corrected chi connectivity index (χ0v) is 22.4. The molecule has 0 spiro atoms. The van der Waals surface area contributed by atoms with E-state index in [2.05, 4.69) is 10.2 Å². The fourth-order valence-electron chi connectivity index (χ4n) is 5.35. The number of nitro groups is 1. The molecular formula is C31H32N4O5. The lowest BCUT2D eigenvalue weighted by molar-refractivity contribution is -0.384. The topological polar surface area (TPSA) is 114 Å². The van der Waals surface area contributed by atoms with Gasteiger partial charge in [-0.3, -0.25) is 24.7 Å². The van der Waals surface area contributed by atoms with Crippen molar-refractivity contribution in [1.82, 2.24) is 4.90 Å². The minimum absolute atomic E-state index is 0.00667. The Hall–Kier alpha value is -4.37. The van der Waals surface area contributed by atoms with Crippen LogP contribution in [0.5, 0.6) is 0 Å². The summed E-state index contributed by atoms with van der Waals surface area (Å²) in [4.78, 5) is 43.3. The number of benzene rings is 3. The van der Waals surface area contributed by atoms with Crippen molar-refractivity contribution >= 4 is 34.7 Å². The summed E-state index contributed by atoms with van der Waals surface area (Å²) < 4.78 is 5.17. The molecule has 5 rings (SSSR count). The normalized spacial score (nSPS) is 17.8. The first-order chi connectivity index (χ1) is 19.4. The largest absolute Gasteiger partial charge is 0.466 e. The lowest BCUT2D eigenvalue weighted by Crippen LogP contribution is -2.38. The number of fused-ring (bicyclic) bond motifs is 1. The first-order valence-electron chi connectivity index (χ1n) is 13.6. The minimum atomic E-state index is -0.769. The average molecular weight is 541 g/mol. The Kier molecular flexibility index (Phi) is 8.31. The first-order valence-corrected chi connectivity index (χ1v) is 13.6. The van der Waals surface area contributed by atoms with E-state index in [0.29, 0.717) is 29.3 Å². The molecule has 0 radical (unpaired) electrons. The second-order valence-corrected chi connectivity index (χ2v) is 10.1. The van der Waals surface area contributed by atoms with Crippen LogP contribution in [0.25, 0.3) is 0 Å². The van der Waals surface area contributed by atoms with E-state index in [1.807, 2.05) is 61.5 Å². The Labute approximate surface area is 233 Å². The summed E-state index contributed by atoms with van der Waals surface area (Å²) in [7, 11) is 0. The number of rotatable bonds is 9. The van der Waals surface area contributed by atoms with Crippen LogP contribution in [0.2, 0.25) is 0 Å². The average Bonchev–Trinajstić information content (AvgIpc) is 3.31. The van der Waals surface area contributed by atoms with Crippen LogP contribution in [0.1, 0.15) is 42.4 Å². The molecule has 0 saturated carbocycles. The predicted molar refractivity (Wildman–Crippen MR) is 153 cm³/mol. The van der Waals surface area contributed by atoms with Gasteiger partial charge in [0.15, 0.2) is 0 Å². The van der Waals surface area contributed by atoms with Crippen LogP contribution in [0, 0.1) is 16.0 Å². The summed E-state index contributed by atoms with van der Waals surface area (Å²) in [6.07, 6.45) is 2.53. The molecule has 3 aromatic rings. The number of nitro benzene ring substituents is 1. The molecule has 2 aliphatic heterocycles. The van der Waals surface area contributed by atoms with Crippen LogP contribution in [0.15, 0.2) is 77.8 Å². The van der Waals surface area contributed by atoms with Gasteiger partial charge in [0.2, 0.25) is 5.91 Å². The Bertz CT molecular complexity index is 1410. The highest BCUT2D eigenvalue weighted by Crippen LogP contribution is 2.38. The molecule has 0 aliphatic carbocycles. The van der Waals surface area contributed by atoms with Crippen LogP contribution in [-0.2, 0) is 20.7 Å². The van der Waals surface area contributed by atoms with Crippen LogP contribution in [-0.4, -0.2) is 53.7 Å². The maximum Gasteiger partial charge on any atom is 0.309 e. The zero-order chi connectivity index (χ0) is 28.1. The molecule has 3 aromatic carbocycles. The predicted octanol–water partition coefficient (Wildman–Crippen LogP) is 5.27. The number of aliphatic imine (C=N–C) groups is 1. The standard InChI is InChI=1S/C31H32N4O5/c1-2-40-31(37)23-15-18-34(19-16-23)17-14-21-8-10-24(11-9-21)32-29(22-6-4-3-5-7-22)28-26-20-25(35(38)39)12-13-27(26)33-30(28)36/h3-13,20,23,28H,2,14-19H2,1H3,(H,33,36). The van der Waals surface area contributed by atoms with E-state index in [1.54, 1.807) is 6.07 Å². The molecule has 0 bridgehead atoms. The number of non-ortho nitro benzene ring substituents is 1. The molecule has 1 saturated heterocycles. The maximum absolute atomic E-state index is 13.1. The number of ether oxygens (including phenoxy) is 1. The molecule has 0 aromatic heterocycles. The molecule has 9 nitrogen and oxygen atoms in total. The van der Waals surface area contributed by atoms with Gasteiger partial charge >= 0.3 is 5.97 Å². The lowest BCUT2D eigenvalue weighted by Gasteiger charge is -2.30. The van der Waals surface area contributed by atoms with E-state index >= 15 is 0 Å². The minimum Gasteiger partial charge on any atom is -0.466 e. The van der Waals surface area contributed by atoms with E-state index in [1.165, 1.54) is 17.7 Å². The highest BCUT2D eigenvalue weighted by Gasteiger charge is 2.36. The van der Waals surface area contributed by atoms with Crippen LogP contribution in [0.4, 0.5) is 17.1 Å². The molecule has 1 atom stereocenters. The summed E-state index contributed by atoms with van der Waals surface area (Å²) in [5, 5.41) is 14.3. The molecule has 2 aliphatic rings. The van der Waals surface area contributed by atoms with Crippen molar-refractivity contribution in [3.8, 4) is 0 Å². The molecule has 1 fully saturated rings. The van der Waals surface area contributed by atoms with Gasteiger partial charge in [-0.1, -0.05) is 42.5 Å². The third-order valence-corrected chi connectivity index (χ3v) is 7.53. The Morgan fingerprint density at radius 2 is 1.80 bits per heavy atom.